The maximum atomic E-state index is 10.2. The number of hydrogen-bond acceptors (Lipinski definition) is 4. The van der Waals surface area contributed by atoms with E-state index in [2.05, 4.69) is 62.1 Å². The van der Waals surface area contributed by atoms with Crippen LogP contribution < -0.4 is 0 Å². The molecule has 1 aliphatic rings. The van der Waals surface area contributed by atoms with Crippen LogP contribution in [0.2, 0.25) is 5.02 Å². The van der Waals surface area contributed by atoms with Crippen LogP contribution in [0, 0.1) is 11.2 Å². The molecule has 0 amide bonds. The Bertz CT molecular complexity index is 839. The second-order valence-corrected chi connectivity index (χ2v) is 8.77. The van der Waals surface area contributed by atoms with Gasteiger partial charge in [-0.05, 0) is 81.2 Å². The largest absolute Gasteiger partial charge is 0.506 e. The number of phenols is 1. The van der Waals surface area contributed by atoms with E-state index < -0.39 is 0 Å². The maximum Gasteiger partial charge on any atom is 0.229 e. The molecule has 0 aliphatic carbocycles. The van der Waals surface area contributed by atoms with Gasteiger partial charge in [0.15, 0.2) is 0 Å². The van der Waals surface area contributed by atoms with Crippen molar-refractivity contribution in [3.63, 3.8) is 0 Å². The standard InChI is InChI=1S/C24H33ClN2O.CBN/c1-26(2)13-8-3-4-9-14-27-15-12-20-16-23(25)24(28)17-21(20)22(18-27)19-10-6-5-7-11-19;2-1-3/h5-7,10-11,16-17,22,28H,3-4,8-9,12-15,18H2,1-2H3;. The lowest BCUT2D eigenvalue weighted by Gasteiger charge is -2.25. The molecule has 4 nitrogen and oxygen atoms in total. The van der Waals surface area contributed by atoms with Crippen molar-refractivity contribution >= 4 is 19.4 Å². The number of phenolic OH excluding ortho intramolecular Hbond substituents is 1. The van der Waals surface area contributed by atoms with Crippen LogP contribution in [0.5, 0.6) is 5.75 Å². The topological polar surface area (TPSA) is 50.5 Å². The van der Waals surface area contributed by atoms with E-state index >= 15 is 0 Å². The molecule has 1 unspecified atom stereocenters. The summed E-state index contributed by atoms with van der Waals surface area (Å²) in [6.07, 6.45) is 6.11. The third-order valence-electron chi connectivity index (χ3n) is 5.75. The number of unbranched alkanes of at least 4 members (excludes halogenated alkanes) is 3. The predicted molar refractivity (Wildman–Crippen MR) is 130 cm³/mol. The molecule has 164 valence electrons. The third-order valence-corrected chi connectivity index (χ3v) is 6.06. The Kier molecular flexibility index (Phi) is 10.9. The lowest BCUT2D eigenvalue weighted by Crippen LogP contribution is -2.29. The molecule has 0 saturated carbocycles. The van der Waals surface area contributed by atoms with Crippen molar-refractivity contribution in [2.45, 2.75) is 38.0 Å². The Morgan fingerprint density at radius 2 is 1.84 bits per heavy atom. The first-order valence-corrected chi connectivity index (χ1v) is 11.4. The maximum absolute atomic E-state index is 10.2. The zero-order valence-electron chi connectivity index (χ0n) is 18.7. The normalized spacial score (nSPS) is 16.0. The first-order valence-electron chi connectivity index (χ1n) is 11.0. The van der Waals surface area contributed by atoms with E-state index in [4.69, 9.17) is 16.9 Å². The van der Waals surface area contributed by atoms with Crippen LogP contribution in [0.15, 0.2) is 42.5 Å². The molecule has 3 rings (SSSR count). The van der Waals surface area contributed by atoms with E-state index in [0.29, 0.717) is 5.02 Å². The lowest BCUT2D eigenvalue weighted by atomic mass is 9.88. The minimum absolute atomic E-state index is 0.190. The van der Waals surface area contributed by atoms with Gasteiger partial charge in [0.2, 0.25) is 7.85 Å². The molecule has 2 aromatic carbocycles. The van der Waals surface area contributed by atoms with Gasteiger partial charge in [0.25, 0.3) is 0 Å². The van der Waals surface area contributed by atoms with Crippen molar-refractivity contribution in [1.82, 2.24) is 9.80 Å². The molecule has 31 heavy (non-hydrogen) atoms. The van der Waals surface area contributed by atoms with Crippen LogP contribution in [0.25, 0.3) is 0 Å². The second-order valence-electron chi connectivity index (χ2n) is 8.36. The van der Waals surface area contributed by atoms with Crippen molar-refractivity contribution in [3.05, 3.63) is 64.2 Å². The van der Waals surface area contributed by atoms with Crippen LogP contribution in [0.4, 0.5) is 0 Å². The van der Waals surface area contributed by atoms with E-state index in [1.54, 1.807) is 0 Å². The molecule has 0 spiro atoms. The van der Waals surface area contributed by atoms with E-state index in [0.717, 1.165) is 26.1 Å². The van der Waals surface area contributed by atoms with Crippen molar-refractivity contribution < 1.29 is 5.11 Å². The summed E-state index contributed by atoms with van der Waals surface area (Å²) in [5, 5.41) is 17.8. The van der Waals surface area contributed by atoms with Crippen LogP contribution in [0.1, 0.15) is 48.3 Å². The van der Waals surface area contributed by atoms with E-state index in [9.17, 15) is 5.11 Å². The molecule has 1 atom stereocenters. The number of aromatic hydroxyl groups is 1. The summed E-state index contributed by atoms with van der Waals surface area (Å²) in [5.74, 6) is 1.71. The zero-order chi connectivity index (χ0) is 22.6. The van der Waals surface area contributed by atoms with Crippen LogP contribution in [0.3, 0.4) is 0 Å². The van der Waals surface area contributed by atoms with E-state index in [1.807, 2.05) is 12.1 Å². The van der Waals surface area contributed by atoms with Gasteiger partial charge < -0.3 is 14.9 Å². The highest BCUT2D eigenvalue weighted by Gasteiger charge is 2.25. The number of nitrogens with zero attached hydrogens (tertiary/aromatic N) is 3. The Labute approximate surface area is 193 Å². The summed E-state index contributed by atoms with van der Waals surface area (Å²) >= 11 is 6.22. The molecule has 2 aromatic rings. The highest BCUT2D eigenvalue weighted by atomic mass is 35.5. The SMILES string of the molecule is CN(C)CCCCCCN1CCc2cc(Cl)c(O)cc2C(c2ccccc2)C1.[B]C#N. The Balaban J connectivity index is 0.00000107. The molecule has 1 heterocycles. The minimum Gasteiger partial charge on any atom is -0.506 e. The fourth-order valence-corrected chi connectivity index (χ4v) is 4.36. The number of rotatable bonds is 8. The molecule has 2 radical (unpaired) electrons. The fraction of sp³-hybridized carbons (Fsp3) is 0.480. The molecule has 0 aromatic heterocycles. The first-order chi connectivity index (χ1) is 15.0. The molecule has 0 bridgehead atoms. The van der Waals surface area contributed by atoms with Gasteiger partial charge in [-0.25, -0.2) is 5.26 Å². The average molecular weight is 438 g/mol. The van der Waals surface area contributed by atoms with Gasteiger partial charge in [0.05, 0.1) is 5.02 Å². The smallest absolute Gasteiger partial charge is 0.229 e. The Hall–Kier alpha value is -2.00. The zero-order valence-corrected chi connectivity index (χ0v) is 19.5. The van der Waals surface area contributed by atoms with Gasteiger partial charge in [-0.15, -0.1) is 0 Å². The van der Waals surface area contributed by atoms with Crippen LogP contribution >= 0.6 is 11.6 Å². The number of nitriles is 1. The molecular weight excluding hydrogens is 405 g/mol. The molecule has 0 fully saturated rings. The van der Waals surface area contributed by atoms with Crippen LogP contribution in [-0.4, -0.2) is 63.0 Å². The van der Waals surface area contributed by atoms with Gasteiger partial charge in [-0.2, -0.15) is 0 Å². The average Bonchev–Trinajstić information content (AvgIpc) is 2.92. The van der Waals surface area contributed by atoms with Gasteiger partial charge in [0.1, 0.15) is 5.75 Å². The summed E-state index contributed by atoms with van der Waals surface area (Å²) in [7, 11) is 8.44. The fourth-order valence-electron chi connectivity index (χ4n) is 4.18. The van der Waals surface area contributed by atoms with Crippen molar-refractivity contribution in [2.75, 3.05) is 40.3 Å². The number of fused-ring (bicyclic) bond motifs is 1. The molecule has 1 aliphatic heterocycles. The van der Waals surface area contributed by atoms with Crippen molar-refractivity contribution in [1.29, 1.82) is 5.26 Å². The summed E-state index contributed by atoms with van der Waals surface area (Å²) < 4.78 is 0. The van der Waals surface area contributed by atoms with Gasteiger partial charge in [0, 0.05) is 19.0 Å². The lowest BCUT2D eigenvalue weighted by molar-refractivity contribution is 0.268. The van der Waals surface area contributed by atoms with Gasteiger partial charge >= 0.3 is 0 Å². The van der Waals surface area contributed by atoms with Crippen LogP contribution in [-0.2, 0) is 6.42 Å². The first kappa shape index (κ1) is 25.3. The second kappa shape index (κ2) is 13.4. The monoisotopic (exact) mass is 437 g/mol. The Morgan fingerprint density at radius 1 is 1.16 bits per heavy atom. The molecule has 6 heteroatoms. The van der Waals surface area contributed by atoms with E-state index in [-0.39, 0.29) is 11.7 Å². The molecular formula is C25H33BClN3O. The quantitative estimate of drug-likeness (QED) is 0.476. The molecule has 1 N–H and O–H groups in total. The summed E-state index contributed by atoms with van der Waals surface area (Å²) in [6, 6.07) is 14.5. The van der Waals surface area contributed by atoms with Crippen molar-refractivity contribution in [3.8, 4) is 11.7 Å². The highest BCUT2D eigenvalue weighted by molar-refractivity contribution is 6.32. The van der Waals surface area contributed by atoms with E-state index in [1.165, 1.54) is 54.9 Å². The predicted octanol–water partition coefficient (Wildman–Crippen LogP) is 4.79. The minimum atomic E-state index is 0.190. The molecule has 0 saturated heterocycles. The highest BCUT2D eigenvalue weighted by Crippen LogP contribution is 2.37. The Morgan fingerprint density at radius 3 is 2.52 bits per heavy atom. The number of halogens is 1. The number of hydrogen-bond donors (Lipinski definition) is 1. The summed E-state index contributed by atoms with van der Waals surface area (Å²) in [5.41, 5.74) is 3.80. The summed E-state index contributed by atoms with van der Waals surface area (Å²) in [4.78, 5) is 4.85. The van der Waals surface area contributed by atoms with Crippen molar-refractivity contribution in [2.24, 2.45) is 0 Å². The van der Waals surface area contributed by atoms with Gasteiger partial charge in [-0.1, -0.05) is 54.8 Å². The summed E-state index contributed by atoms with van der Waals surface area (Å²) in [6.45, 7) is 4.36. The third kappa shape index (κ3) is 8.22. The number of benzene rings is 2. The van der Waals surface area contributed by atoms with Gasteiger partial charge in [-0.3, -0.25) is 0 Å².